The molecule has 0 aromatic heterocycles. The van der Waals surface area contributed by atoms with Gasteiger partial charge in [-0.15, -0.1) is 12.4 Å². The van der Waals surface area contributed by atoms with Crippen molar-refractivity contribution in [2.45, 2.75) is 32.4 Å². The summed E-state index contributed by atoms with van der Waals surface area (Å²) in [5.74, 6) is -0.736. The first-order chi connectivity index (χ1) is 10.1. The first kappa shape index (κ1) is 19.2. The van der Waals surface area contributed by atoms with E-state index in [1.807, 2.05) is 19.1 Å². The quantitative estimate of drug-likeness (QED) is 0.859. The number of hydrogen-bond donors (Lipinski definition) is 1. The highest BCUT2D eigenvalue weighted by atomic mass is 35.5. The van der Waals surface area contributed by atoms with Gasteiger partial charge in [-0.2, -0.15) is 0 Å². The average molecular weight is 347 g/mol. The van der Waals surface area contributed by atoms with E-state index < -0.39 is 5.97 Å². The van der Waals surface area contributed by atoms with Crippen molar-refractivity contribution in [1.82, 2.24) is 9.80 Å². The third-order valence-corrected chi connectivity index (χ3v) is 4.39. The molecule has 2 rings (SSSR count). The van der Waals surface area contributed by atoms with Gasteiger partial charge >= 0.3 is 5.97 Å². The van der Waals surface area contributed by atoms with Crippen molar-refractivity contribution in [1.29, 1.82) is 0 Å². The van der Waals surface area contributed by atoms with Gasteiger partial charge in [0.25, 0.3) is 0 Å². The second-order valence-electron chi connectivity index (χ2n) is 5.59. The van der Waals surface area contributed by atoms with Gasteiger partial charge in [0, 0.05) is 17.6 Å². The minimum absolute atomic E-state index is 0. The minimum atomic E-state index is -0.736. The summed E-state index contributed by atoms with van der Waals surface area (Å²) < 4.78 is 0. The molecule has 0 spiro atoms. The van der Waals surface area contributed by atoms with E-state index in [2.05, 4.69) is 21.9 Å². The van der Waals surface area contributed by atoms with Gasteiger partial charge in [-0.25, -0.2) is 0 Å². The van der Waals surface area contributed by atoms with E-state index in [4.69, 9.17) is 16.7 Å². The highest BCUT2D eigenvalue weighted by Gasteiger charge is 2.24. The SMILES string of the molecule is CCN(CC(=O)O)C1CCN(Cc2ccc(Cl)cc2)CC1.Cl. The first-order valence-corrected chi connectivity index (χ1v) is 7.89. The van der Waals surface area contributed by atoms with Crippen molar-refractivity contribution < 1.29 is 9.90 Å². The Labute approximate surface area is 143 Å². The molecule has 1 aromatic carbocycles. The summed E-state index contributed by atoms with van der Waals surface area (Å²) in [5.41, 5.74) is 1.27. The molecule has 1 N–H and O–H groups in total. The van der Waals surface area contributed by atoms with E-state index in [1.165, 1.54) is 5.56 Å². The van der Waals surface area contributed by atoms with Gasteiger partial charge < -0.3 is 5.11 Å². The summed E-state index contributed by atoms with van der Waals surface area (Å²) in [6.07, 6.45) is 2.07. The van der Waals surface area contributed by atoms with Gasteiger partial charge in [0.2, 0.25) is 0 Å². The Bertz CT molecular complexity index is 460. The van der Waals surface area contributed by atoms with Crippen molar-refractivity contribution in [3.05, 3.63) is 34.9 Å². The average Bonchev–Trinajstić information content (AvgIpc) is 2.48. The van der Waals surface area contributed by atoms with Crippen molar-refractivity contribution in [3.8, 4) is 0 Å². The third kappa shape index (κ3) is 5.76. The standard InChI is InChI=1S/C16H23ClN2O2.ClH/c1-2-19(12-16(20)21)15-7-9-18(10-8-15)11-13-3-5-14(17)6-4-13;/h3-6,15H,2,7-12H2,1H3,(H,20,21);1H. The van der Waals surface area contributed by atoms with Crippen molar-refractivity contribution >= 4 is 30.0 Å². The van der Waals surface area contributed by atoms with Crippen LogP contribution in [-0.2, 0) is 11.3 Å². The number of likely N-dealkylation sites (tertiary alicyclic amines) is 1. The number of nitrogens with zero attached hydrogens (tertiary/aromatic N) is 2. The van der Waals surface area contributed by atoms with Crippen LogP contribution in [0, 0.1) is 0 Å². The lowest BCUT2D eigenvalue weighted by Gasteiger charge is -2.37. The van der Waals surface area contributed by atoms with Crippen LogP contribution in [0.3, 0.4) is 0 Å². The van der Waals surface area contributed by atoms with Gasteiger partial charge in [-0.1, -0.05) is 30.7 Å². The molecule has 0 unspecified atom stereocenters. The van der Waals surface area contributed by atoms with Crippen LogP contribution in [0.5, 0.6) is 0 Å². The predicted molar refractivity (Wildman–Crippen MR) is 91.9 cm³/mol. The Morgan fingerprint density at radius 3 is 2.41 bits per heavy atom. The Balaban J connectivity index is 0.00000242. The monoisotopic (exact) mass is 346 g/mol. The number of hydrogen-bond acceptors (Lipinski definition) is 3. The number of likely N-dealkylation sites (N-methyl/N-ethyl adjacent to an activating group) is 1. The highest BCUT2D eigenvalue weighted by molar-refractivity contribution is 6.30. The third-order valence-electron chi connectivity index (χ3n) is 4.14. The number of aliphatic carboxylic acids is 1. The van der Waals surface area contributed by atoms with Crippen LogP contribution in [0.15, 0.2) is 24.3 Å². The molecule has 6 heteroatoms. The Morgan fingerprint density at radius 2 is 1.91 bits per heavy atom. The molecule has 0 bridgehead atoms. The molecule has 0 aliphatic carbocycles. The largest absolute Gasteiger partial charge is 0.480 e. The number of carboxylic acid groups (broad SMARTS) is 1. The fourth-order valence-electron chi connectivity index (χ4n) is 2.96. The summed E-state index contributed by atoms with van der Waals surface area (Å²) in [6.45, 7) is 5.96. The number of benzene rings is 1. The molecule has 1 saturated heterocycles. The second-order valence-corrected chi connectivity index (χ2v) is 6.03. The van der Waals surface area contributed by atoms with Crippen LogP contribution in [0.2, 0.25) is 5.02 Å². The normalized spacial score (nSPS) is 16.5. The zero-order valence-corrected chi connectivity index (χ0v) is 14.4. The molecule has 4 nitrogen and oxygen atoms in total. The lowest BCUT2D eigenvalue weighted by atomic mass is 10.0. The topological polar surface area (TPSA) is 43.8 Å². The molecular formula is C16H24Cl2N2O2. The van der Waals surface area contributed by atoms with Crippen LogP contribution < -0.4 is 0 Å². The first-order valence-electron chi connectivity index (χ1n) is 7.51. The van der Waals surface area contributed by atoms with Crippen molar-refractivity contribution in [3.63, 3.8) is 0 Å². The molecule has 0 atom stereocenters. The van der Waals surface area contributed by atoms with Crippen LogP contribution in [0.1, 0.15) is 25.3 Å². The van der Waals surface area contributed by atoms with Crippen LogP contribution in [0.25, 0.3) is 0 Å². The molecule has 22 heavy (non-hydrogen) atoms. The Hall–Kier alpha value is -0.810. The summed E-state index contributed by atoms with van der Waals surface area (Å²) in [4.78, 5) is 15.4. The highest BCUT2D eigenvalue weighted by Crippen LogP contribution is 2.19. The van der Waals surface area contributed by atoms with E-state index >= 15 is 0 Å². The van der Waals surface area contributed by atoms with E-state index in [9.17, 15) is 4.79 Å². The molecule has 1 aromatic rings. The Kier molecular flexibility index (Phi) is 8.18. The number of halogens is 2. The number of carbonyl (C=O) groups is 1. The fourth-order valence-corrected chi connectivity index (χ4v) is 3.09. The van der Waals surface area contributed by atoms with Gasteiger partial charge in [-0.05, 0) is 50.2 Å². The van der Waals surface area contributed by atoms with E-state index in [1.54, 1.807) is 0 Å². The van der Waals surface area contributed by atoms with Gasteiger partial charge in [0.15, 0.2) is 0 Å². The summed E-state index contributed by atoms with van der Waals surface area (Å²) >= 11 is 5.90. The number of carboxylic acids is 1. The Morgan fingerprint density at radius 1 is 1.32 bits per heavy atom. The van der Waals surface area contributed by atoms with Gasteiger partial charge in [0.1, 0.15) is 0 Å². The zero-order chi connectivity index (χ0) is 15.2. The van der Waals surface area contributed by atoms with Crippen molar-refractivity contribution in [2.75, 3.05) is 26.2 Å². The molecular weight excluding hydrogens is 323 g/mol. The molecule has 1 fully saturated rings. The lowest BCUT2D eigenvalue weighted by Crippen LogP contribution is -2.46. The van der Waals surface area contributed by atoms with Gasteiger partial charge in [-0.3, -0.25) is 14.6 Å². The maximum atomic E-state index is 10.9. The van der Waals surface area contributed by atoms with E-state index in [-0.39, 0.29) is 19.0 Å². The molecule has 1 aliphatic heterocycles. The summed E-state index contributed by atoms with van der Waals surface area (Å²) in [6, 6.07) is 8.38. The maximum Gasteiger partial charge on any atom is 0.317 e. The molecule has 1 heterocycles. The smallest absolute Gasteiger partial charge is 0.317 e. The fraction of sp³-hybridized carbons (Fsp3) is 0.562. The van der Waals surface area contributed by atoms with Gasteiger partial charge in [0.05, 0.1) is 6.54 Å². The summed E-state index contributed by atoms with van der Waals surface area (Å²) in [5, 5.41) is 9.72. The lowest BCUT2D eigenvalue weighted by molar-refractivity contribution is -0.139. The second kappa shape index (κ2) is 9.36. The van der Waals surface area contributed by atoms with Crippen LogP contribution in [-0.4, -0.2) is 53.1 Å². The molecule has 124 valence electrons. The molecule has 0 amide bonds. The van der Waals surface area contributed by atoms with Crippen molar-refractivity contribution in [2.24, 2.45) is 0 Å². The predicted octanol–water partition coefficient (Wildman–Crippen LogP) is 3.13. The number of piperidine rings is 1. The van der Waals surface area contributed by atoms with E-state index in [0.717, 1.165) is 44.0 Å². The molecule has 1 aliphatic rings. The molecule has 0 radical (unpaired) electrons. The zero-order valence-electron chi connectivity index (χ0n) is 12.9. The van der Waals surface area contributed by atoms with E-state index in [0.29, 0.717) is 6.04 Å². The minimum Gasteiger partial charge on any atom is -0.480 e. The number of rotatable bonds is 6. The van der Waals surface area contributed by atoms with Crippen LogP contribution in [0.4, 0.5) is 0 Å². The maximum absolute atomic E-state index is 10.9. The summed E-state index contributed by atoms with van der Waals surface area (Å²) in [7, 11) is 0. The van der Waals surface area contributed by atoms with Crippen LogP contribution >= 0.6 is 24.0 Å². The molecule has 0 saturated carbocycles.